The molecule has 1 fully saturated rings. The van der Waals surface area contributed by atoms with Crippen LogP contribution in [0.4, 0.5) is 11.6 Å². The van der Waals surface area contributed by atoms with E-state index in [1.807, 2.05) is 30.3 Å². The number of nitriles is 1. The van der Waals surface area contributed by atoms with E-state index in [2.05, 4.69) is 30.9 Å². The fraction of sp³-hybridized carbons (Fsp3) is 0.238. The Labute approximate surface area is 173 Å². The normalized spacial score (nSPS) is 14.8. The standard InChI is InChI=1S/C21H20N8O/c22-12-15-4-1-2-5-17(15)28-9-7-27(8-10-28)14-16-13-24-21(23)29-20(16)25-19(26-29)18-6-3-11-30-18/h1-6,11,13H,7-10,14H2,(H2,23,24). The zero-order chi connectivity index (χ0) is 20.5. The predicted molar refractivity (Wildman–Crippen MR) is 112 cm³/mol. The Kier molecular flexibility index (Phi) is 4.53. The molecule has 0 atom stereocenters. The van der Waals surface area contributed by atoms with E-state index in [1.165, 1.54) is 0 Å². The third-order valence-electron chi connectivity index (χ3n) is 5.34. The Bertz CT molecular complexity index is 1220. The van der Waals surface area contributed by atoms with E-state index >= 15 is 0 Å². The van der Waals surface area contributed by atoms with Gasteiger partial charge in [0, 0.05) is 44.5 Å². The average Bonchev–Trinajstić information content (AvgIpc) is 3.47. The molecule has 1 aliphatic rings. The summed E-state index contributed by atoms with van der Waals surface area (Å²) in [4.78, 5) is 13.5. The molecule has 1 saturated heterocycles. The Hall–Kier alpha value is -3.90. The van der Waals surface area contributed by atoms with Gasteiger partial charge in [0.05, 0.1) is 17.5 Å². The smallest absolute Gasteiger partial charge is 0.223 e. The predicted octanol–water partition coefficient (Wildman–Crippen LogP) is 2.16. The summed E-state index contributed by atoms with van der Waals surface area (Å²) in [6.07, 6.45) is 3.36. The fourth-order valence-electron chi connectivity index (χ4n) is 3.79. The molecule has 2 N–H and O–H groups in total. The summed E-state index contributed by atoms with van der Waals surface area (Å²) < 4.78 is 6.98. The topological polar surface area (TPSA) is 113 Å². The molecule has 3 aromatic heterocycles. The van der Waals surface area contributed by atoms with Crippen molar-refractivity contribution >= 4 is 17.3 Å². The molecule has 30 heavy (non-hydrogen) atoms. The van der Waals surface area contributed by atoms with Gasteiger partial charge < -0.3 is 15.1 Å². The zero-order valence-corrected chi connectivity index (χ0v) is 16.3. The lowest BCUT2D eigenvalue weighted by Gasteiger charge is -2.36. The zero-order valence-electron chi connectivity index (χ0n) is 16.3. The van der Waals surface area contributed by atoms with Gasteiger partial charge >= 0.3 is 0 Å². The summed E-state index contributed by atoms with van der Waals surface area (Å²) in [5.74, 6) is 1.37. The largest absolute Gasteiger partial charge is 0.461 e. The molecule has 1 aliphatic heterocycles. The Balaban J connectivity index is 1.34. The molecule has 4 heterocycles. The second kappa shape index (κ2) is 7.50. The first kappa shape index (κ1) is 18.1. The van der Waals surface area contributed by atoms with E-state index in [4.69, 9.17) is 10.2 Å². The number of hydrogen-bond acceptors (Lipinski definition) is 8. The van der Waals surface area contributed by atoms with E-state index < -0.39 is 0 Å². The molecule has 4 aromatic rings. The number of para-hydroxylation sites is 1. The highest BCUT2D eigenvalue weighted by Crippen LogP contribution is 2.23. The van der Waals surface area contributed by atoms with Crippen molar-refractivity contribution in [2.24, 2.45) is 0 Å². The first-order chi connectivity index (χ1) is 14.7. The van der Waals surface area contributed by atoms with Gasteiger partial charge in [0.25, 0.3) is 0 Å². The average molecular weight is 400 g/mol. The third kappa shape index (κ3) is 3.23. The summed E-state index contributed by atoms with van der Waals surface area (Å²) in [5.41, 5.74) is 9.36. The molecule has 1 aromatic carbocycles. The maximum absolute atomic E-state index is 9.36. The summed E-state index contributed by atoms with van der Waals surface area (Å²) >= 11 is 0. The second-order valence-corrected chi connectivity index (χ2v) is 7.18. The van der Waals surface area contributed by atoms with Gasteiger partial charge in [-0.2, -0.15) is 9.78 Å². The van der Waals surface area contributed by atoms with Crippen molar-refractivity contribution in [1.29, 1.82) is 5.26 Å². The Morgan fingerprint density at radius 1 is 1.10 bits per heavy atom. The van der Waals surface area contributed by atoms with E-state index in [0.29, 0.717) is 29.3 Å². The minimum Gasteiger partial charge on any atom is -0.461 e. The molecule has 0 bridgehead atoms. The number of benzene rings is 1. The minimum atomic E-state index is 0.289. The minimum absolute atomic E-state index is 0.289. The van der Waals surface area contributed by atoms with Gasteiger partial charge in [-0.15, -0.1) is 5.10 Å². The van der Waals surface area contributed by atoms with Gasteiger partial charge in [-0.1, -0.05) is 12.1 Å². The first-order valence-corrected chi connectivity index (χ1v) is 9.73. The number of nitrogen functional groups attached to an aromatic ring is 1. The quantitative estimate of drug-likeness (QED) is 0.555. The SMILES string of the molecule is N#Cc1ccccc1N1CCN(Cc2cnc(N)n3nc(-c4ccco4)nc23)CC1. The third-order valence-corrected chi connectivity index (χ3v) is 5.34. The summed E-state index contributed by atoms with van der Waals surface area (Å²) in [5, 5.41) is 13.8. The van der Waals surface area contributed by atoms with E-state index in [9.17, 15) is 5.26 Å². The van der Waals surface area contributed by atoms with Gasteiger partial charge in [0.15, 0.2) is 11.4 Å². The maximum atomic E-state index is 9.36. The van der Waals surface area contributed by atoms with Crippen LogP contribution in [0, 0.1) is 11.3 Å². The van der Waals surface area contributed by atoms with Crippen molar-refractivity contribution in [3.05, 3.63) is 60.0 Å². The van der Waals surface area contributed by atoms with Gasteiger partial charge in [0.1, 0.15) is 6.07 Å². The molecular formula is C21H20N8O. The molecule has 0 radical (unpaired) electrons. The lowest BCUT2D eigenvalue weighted by Crippen LogP contribution is -2.46. The van der Waals surface area contributed by atoms with Gasteiger partial charge in [0.2, 0.25) is 11.8 Å². The van der Waals surface area contributed by atoms with Crippen LogP contribution in [0.1, 0.15) is 11.1 Å². The molecule has 0 saturated carbocycles. The summed E-state index contributed by atoms with van der Waals surface area (Å²) in [7, 11) is 0. The number of furan rings is 1. The summed E-state index contributed by atoms with van der Waals surface area (Å²) in [6.45, 7) is 4.13. The van der Waals surface area contributed by atoms with Gasteiger partial charge in [-0.05, 0) is 24.3 Å². The molecule has 0 amide bonds. The summed E-state index contributed by atoms with van der Waals surface area (Å²) in [6, 6.07) is 13.6. The highest BCUT2D eigenvalue weighted by atomic mass is 16.3. The molecule has 9 heteroatoms. The van der Waals surface area contributed by atoms with Crippen molar-refractivity contribution in [3.63, 3.8) is 0 Å². The van der Waals surface area contributed by atoms with Crippen molar-refractivity contribution in [1.82, 2.24) is 24.5 Å². The molecule has 5 rings (SSSR count). The molecule has 9 nitrogen and oxygen atoms in total. The van der Waals surface area contributed by atoms with Crippen molar-refractivity contribution in [3.8, 4) is 17.7 Å². The first-order valence-electron chi connectivity index (χ1n) is 9.73. The molecule has 0 spiro atoms. The monoisotopic (exact) mass is 400 g/mol. The van der Waals surface area contributed by atoms with Crippen LogP contribution < -0.4 is 10.6 Å². The van der Waals surface area contributed by atoms with Crippen LogP contribution in [0.5, 0.6) is 0 Å². The number of hydrogen-bond donors (Lipinski definition) is 1. The van der Waals surface area contributed by atoms with Gasteiger partial charge in [-0.3, -0.25) is 4.90 Å². The highest BCUT2D eigenvalue weighted by molar-refractivity contribution is 5.60. The number of nitrogens with two attached hydrogens (primary N) is 1. The number of rotatable bonds is 4. The van der Waals surface area contributed by atoms with Crippen LogP contribution in [0.25, 0.3) is 17.2 Å². The van der Waals surface area contributed by atoms with Crippen molar-refractivity contribution in [2.75, 3.05) is 36.8 Å². The molecule has 0 unspecified atom stereocenters. The van der Waals surface area contributed by atoms with Crippen LogP contribution in [0.2, 0.25) is 0 Å². The maximum Gasteiger partial charge on any atom is 0.223 e. The number of nitrogens with zero attached hydrogens (tertiary/aromatic N) is 7. The number of aromatic nitrogens is 4. The Morgan fingerprint density at radius 3 is 2.70 bits per heavy atom. The Morgan fingerprint density at radius 2 is 1.93 bits per heavy atom. The second-order valence-electron chi connectivity index (χ2n) is 7.18. The van der Waals surface area contributed by atoms with Crippen LogP contribution in [0.3, 0.4) is 0 Å². The van der Waals surface area contributed by atoms with Crippen LogP contribution in [-0.4, -0.2) is 50.7 Å². The lowest BCUT2D eigenvalue weighted by atomic mass is 10.1. The number of fused-ring (bicyclic) bond motifs is 1. The van der Waals surface area contributed by atoms with Gasteiger partial charge in [-0.25, -0.2) is 9.97 Å². The lowest BCUT2D eigenvalue weighted by molar-refractivity contribution is 0.250. The highest BCUT2D eigenvalue weighted by Gasteiger charge is 2.21. The van der Waals surface area contributed by atoms with Crippen LogP contribution in [0.15, 0.2) is 53.3 Å². The number of piperazine rings is 1. The van der Waals surface area contributed by atoms with Crippen LogP contribution >= 0.6 is 0 Å². The number of anilines is 2. The van der Waals surface area contributed by atoms with E-state index in [-0.39, 0.29) is 5.95 Å². The van der Waals surface area contributed by atoms with Crippen LogP contribution in [-0.2, 0) is 6.54 Å². The van der Waals surface area contributed by atoms with Crippen molar-refractivity contribution in [2.45, 2.75) is 6.54 Å². The molecular weight excluding hydrogens is 380 g/mol. The van der Waals surface area contributed by atoms with Crippen molar-refractivity contribution < 1.29 is 4.42 Å². The molecule has 0 aliphatic carbocycles. The molecule has 150 valence electrons. The fourth-order valence-corrected chi connectivity index (χ4v) is 3.79. The van der Waals surface area contributed by atoms with E-state index in [1.54, 1.807) is 23.0 Å². The van der Waals surface area contributed by atoms with E-state index in [0.717, 1.165) is 37.4 Å².